The van der Waals surface area contributed by atoms with Gasteiger partial charge in [-0.1, -0.05) is 99.3 Å². The van der Waals surface area contributed by atoms with Gasteiger partial charge in [0, 0.05) is 12.8 Å². The number of aliphatic carboxylic acids is 3. The summed E-state index contributed by atoms with van der Waals surface area (Å²) < 4.78 is -3.79. The van der Waals surface area contributed by atoms with E-state index in [0.717, 1.165) is 19.3 Å². The molecule has 0 aromatic heterocycles. The zero-order valence-electron chi connectivity index (χ0n) is 20.6. The normalized spacial score (nSPS) is 17.2. The summed E-state index contributed by atoms with van der Waals surface area (Å²) >= 11 is -3.05. The van der Waals surface area contributed by atoms with Crippen molar-refractivity contribution < 1.29 is 29.7 Å². The van der Waals surface area contributed by atoms with Crippen LogP contribution in [0.3, 0.4) is 0 Å². The van der Waals surface area contributed by atoms with E-state index in [4.69, 9.17) is 0 Å². The first-order valence-corrected chi connectivity index (χ1v) is 14.0. The Morgan fingerprint density at radius 3 is 0.903 bits per heavy atom. The number of carboxylic acids is 3. The summed E-state index contributed by atoms with van der Waals surface area (Å²) in [5, 5.41) is 31.8. The van der Waals surface area contributed by atoms with Gasteiger partial charge >= 0.3 is 14.1 Å². The molecule has 0 heterocycles. The third-order valence-corrected chi connectivity index (χ3v) is 13.9. The molecule has 180 valence electrons. The maximum atomic E-state index is 13.0. The predicted molar refractivity (Wildman–Crippen MR) is 126 cm³/mol. The molecule has 7 heteroatoms. The standard InChI is InChI=1S/3C8H15O2.Al/c3*1-3-5-6-7(4-2)8(9)10;/h3*3-6H2,1-2H3,(H,9,10);. The summed E-state index contributed by atoms with van der Waals surface area (Å²) in [6.45, 7) is 11.4. The van der Waals surface area contributed by atoms with Gasteiger partial charge in [-0.05, 0) is 19.3 Å². The number of carbonyl (C=O) groups is 3. The lowest BCUT2D eigenvalue weighted by Crippen LogP contribution is -2.59. The van der Waals surface area contributed by atoms with E-state index in [9.17, 15) is 29.7 Å². The van der Waals surface area contributed by atoms with Gasteiger partial charge in [-0.15, -0.1) is 0 Å². The van der Waals surface area contributed by atoms with Crippen LogP contribution in [-0.4, -0.2) is 47.4 Å². The molecule has 0 rings (SSSR count). The molecule has 0 spiro atoms. The van der Waals surface area contributed by atoms with Crippen LogP contribution in [0.5, 0.6) is 0 Å². The predicted octanol–water partition coefficient (Wildman–Crippen LogP) is 6.76. The van der Waals surface area contributed by atoms with E-state index in [1.54, 1.807) is 0 Å². The van der Waals surface area contributed by atoms with Crippen molar-refractivity contribution in [2.45, 2.75) is 131 Å². The highest BCUT2D eigenvalue weighted by Crippen LogP contribution is 2.64. The molecule has 3 unspecified atom stereocenters. The summed E-state index contributed by atoms with van der Waals surface area (Å²) in [5.41, 5.74) is 0. The third-order valence-electron chi connectivity index (χ3n) is 7.76. The maximum absolute atomic E-state index is 13.0. The third kappa shape index (κ3) is 6.05. The minimum atomic E-state index is -3.05. The van der Waals surface area contributed by atoms with E-state index in [-0.39, 0.29) is 19.3 Å². The van der Waals surface area contributed by atoms with E-state index < -0.39 is 44.9 Å². The van der Waals surface area contributed by atoms with Gasteiger partial charge in [-0.2, -0.15) is 0 Å². The molecule has 0 fully saturated rings. The maximum Gasteiger partial charge on any atom is 0.333 e. The minimum Gasteiger partial charge on any atom is -0.482 e. The Morgan fingerprint density at radius 1 is 0.548 bits per heavy atom. The molecule has 0 aliphatic carbocycles. The Balaban J connectivity index is 7.44. The van der Waals surface area contributed by atoms with Gasteiger partial charge in [0.15, 0.2) is 0 Å². The summed E-state index contributed by atoms with van der Waals surface area (Å²) in [5.74, 6) is -2.98. The summed E-state index contributed by atoms with van der Waals surface area (Å²) in [6, 6.07) is 0. The Labute approximate surface area is 193 Å². The Morgan fingerprint density at radius 2 is 0.774 bits per heavy atom. The molecule has 6 nitrogen and oxygen atoms in total. The number of rotatable bonds is 18. The van der Waals surface area contributed by atoms with E-state index in [2.05, 4.69) is 0 Å². The van der Waals surface area contributed by atoms with E-state index >= 15 is 0 Å². The minimum absolute atomic E-state index is 0.279. The van der Waals surface area contributed by atoms with E-state index in [0.29, 0.717) is 38.5 Å². The first kappa shape index (κ1) is 29.9. The second-order valence-electron chi connectivity index (χ2n) is 9.19. The van der Waals surface area contributed by atoms with Crippen molar-refractivity contribution in [3.8, 4) is 0 Å². The molecule has 0 saturated heterocycles. The SMILES string of the molecule is CCCC[C](CC)(C(=O)O)[Al]([C](CC)(CCCC)C(=O)O)[C](CC)(CCCC)C(=O)O. The van der Waals surface area contributed by atoms with Crippen molar-refractivity contribution in [3.05, 3.63) is 0 Å². The molecule has 0 aliphatic rings. The quantitative estimate of drug-likeness (QED) is 0.197. The van der Waals surface area contributed by atoms with Crippen LogP contribution in [0.1, 0.15) is 119 Å². The number of unbranched alkanes of at least 4 members (excludes halogenated alkanes) is 3. The zero-order chi connectivity index (χ0) is 24.3. The van der Waals surface area contributed by atoms with Crippen LogP contribution in [0.2, 0.25) is 12.8 Å². The molecular formula is C24H45AlO6. The van der Waals surface area contributed by atoms with Gasteiger partial charge in [0.2, 0.25) is 0 Å². The number of carboxylic acid groups (broad SMARTS) is 3. The van der Waals surface area contributed by atoms with Crippen LogP contribution in [0.4, 0.5) is 0 Å². The smallest absolute Gasteiger partial charge is 0.333 e. The zero-order valence-corrected chi connectivity index (χ0v) is 21.8. The second kappa shape index (κ2) is 13.5. The lowest BCUT2D eigenvalue weighted by Gasteiger charge is -2.51. The van der Waals surface area contributed by atoms with Crippen LogP contribution in [0.15, 0.2) is 0 Å². The largest absolute Gasteiger partial charge is 0.482 e. The topological polar surface area (TPSA) is 112 Å². The van der Waals surface area contributed by atoms with Gasteiger partial charge in [-0.25, -0.2) is 0 Å². The van der Waals surface area contributed by atoms with Crippen LogP contribution < -0.4 is 0 Å². The first-order valence-electron chi connectivity index (χ1n) is 12.3. The summed E-state index contributed by atoms with van der Waals surface area (Å²) in [7, 11) is 0. The molecule has 0 aromatic rings. The van der Waals surface area contributed by atoms with E-state index in [1.807, 2.05) is 41.5 Å². The fraction of sp³-hybridized carbons (Fsp3) is 0.875. The fourth-order valence-corrected chi connectivity index (χ4v) is 12.4. The Kier molecular flexibility index (Phi) is 13.0. The highest BCUT2D eigenvalue weighted by atomic mass is 27.2. The van der Waals surface area contributed by atoms with Gasteiger partial charge < -0.3 is 15.3 Å². The van der Waals surface area contributed by atoms with Gasteiger partial charge in [-0.3, -0.25) is 14.4 Å². The Bertz CT molecular complexity index is 514. The number of hydrogen-bond donors (Lipinski definition) is 3. The molecular weight excluding hydrogens is 411 g/mol. The van der Waals surface area contributed by atoms with Crippen molar-refractivity contribution >= 4 is 32.1 Å². The molecule has 0 amide bonds. The van der Waals surface area contributed by atoms with Gasteiger partial charge in [0.05, 0.1) is 0 Å². The van der Waals surface area contributed by atoms with Crippen LogP contribution in [0.25, 0.3) is 0 Å². The van der Waals surface area contributed by atoms with Crippen LogP contribution in [-0.2, 0) is 14.4 Å². The van der Waals surface area contributed by atoms with Gasteiger partial charge in [0.25, 0.3) is 17.9 Å². The molecule has 0 radical (unpaired) electrons. The van der Waals surface area contributed by atoms with Crippen molar-refractivity contribution in [1.29, 1.82) is 0 Å². The van der Waals surface area contributed by atoms with Crippen LogP contribution >= 0.6 is 0 Å². The summed E-state index contributed by atoms with van der Waals surface area (Å²) in [6.07, 6.45) is 6.25. The Hall–Kier alpha value is -1.06. The lowest BCUT2D eigenvalue weighted by molar-refractivity contribution is -0.144. The highest BCUT2D eigenvalue weighted by molar-refractivity contribution is 6.78. The first-order chi connectivity index (χ1) is 14.6. The average Bonchev–Trinajstić information content (AvgIpc) is 2.74. The molecule has 0 saturated carbocycles. The molecule has 0 aliphatic heterocycles. The molecule has 3 N–H and O–H groups in total. The molecule has 0 bridgehead atoms. The molecule has 31 heavy (non-hydrogen) atoms. The van der Waals surface area contributed by atoms with E-state index in [1.165, 1.54) is 0 Å². The molecule has 0 aromatic carbocycles. The van der Waals surface area contributed by atoms with Crippen LogP contribution in [0, 0.1) is 0 Å². The highest BCUT2D eigenvalue weighted by Gasteiger charge is 2.70. The summed E-state index contributed by atoms with van der Waals surface area (Å²) in [4.78, 5) is 38.9. The fourth-order valence-electron chi connectivity index (χ4n) is 5.78. The second-order valence-corrected chi connectivity index (χ2v) is 13.4. The monoisotopic (exact) mass is 456 g/mol. The van der Waals surface area contributed by atoms with Gasteiger partial charge in [0.1, 0.15) is 0 Å². The van der Waals surface area contributed by atoms with Crippen molar-refractivity contribution in [2.75, 3.05) is 0 Å². The molecule has 3 atom stereocenters. The lowest BCUT2D eigenvalue weighted by atomic mass is 9.94. The van der Waals surface area contributed by atoms with Crippen molar-refractivity contribution in [2.24, 2.45) is 0 Å². The number of hydrogen-bond acceptors (Lipinski definition) is 3. The van der Waals surface area contributed by atoms with Crippen molar-refractivity contribution in [3.63, 3.8) is 0 Å². The average molecular weight is 457 g/mol. The van der Waals surface area contributed by atoms with Crippen molar-refractivity contribution in [1.82, 2.24) is 0 Å².